The van der Waals surface area contributed by atoms with E-state index in [0.29, 0.717) is 27.1 Å². The molecule has 9 heteroatoms. The highest BCUT2D eigenvalue weighted by Crippen LogP contribution is 2.22. The number of carbonyl (C=O) groups excluding carboxylic acids is 2. The minimum atomic E-state index is -0.869. The van der Waals surface area contributed by atoms with Gasteiger partial charge in [-0.25, -0.2) is 4.79 Å². The number of anilines is 2. The number of halogens is 1. The van der Waals surface area contributed by atoms with Crippen molar-refractivity contribution in [2.75, 3.05) is 24.2 Å². The van der Waals surface area contributed by atoms with Gasteiger partial charge in [0.1, 0.15) is 11.9 Å². The molecule has 1 atom stereocenters. The molecule has 166 valence electrons. The van der Waals surface area contributed by atoms with Crippen LogP contribution >= 0.6 is 22.9 Å². The highest BCUT2D eigenvalue weighted by Gasteiger charge is 2.24. The van der Waals surface area contributed by atoms with Crippen molar-refractivity contribution in [1.29, 1.82) is 5.41 Å². The van der Waals surface area contributed by atoms with E-state index in [1.54, 1.807) is 54.6 Å². The Bertz CT molecular complexity index is 1070. The normalized spacial score (nSPS) is 11.3. The van der Waals surface area contributed by atoms with E-state index in [-0.39, 0.29) is 5.91 Å². The van der Waals surface area contributed by atoms with E-state index < -0.39 is 12.1 Å². The van der Waals surface area contributed by atoms with Crippen LogP contribution in [0.3, 0.4) is 0 Å². The summed E-state index contributed by atoms with van der Waals surface area (Å²) in [5, 5.41) is 18.9. The summed E-state index contributed by atoms with van der Waals surface area (Å²) < 4.78 is 0. The molecular formula is C23H24ClN5O2S. The van der Waals surface area contributed by atoms with E-state index >= 15 is 0 Å². The lowest BCUT2D eigenvalue weighted by Gasteiger charge is -2.19. The highest BCUT2D eigenvalue weighted by atomic mass is 35.5. The van der Waals surface area contributed by atoms with Crippen LogP contribution in [0.15, 0.2) is 66.0 Å². The van der Waals surface area contributed by atoms with Crippen LogP contribution < -0.4 is 16.0 Å². The standard InChI is InChI=1S/C23H24ClN5O2S/c1-3-29(2)21(25)15-6-10-17(11-7-15)26-22(30)20(19-5-4-14-32-19)28-23(31)27-18-12-8-16(24)9-13-18/h4-14,20,25H,3H2,1-2H3,(H,26,30)(H2,27,28,31). The van der Waals surface area contributed by atoms with Crippen LogP contribution in [0.1, 0.15) is 23.4 Å². The molecule has 0 spiro atoms. The van der Waals surface area contributed by atoms with Crippen molar-refractivity contribution in [1.82, 2.24) is 10.2 Å². The van der Waals surface area contributed by atoms with Gasteiger partial charge in [-0.3, -0.25) is 10.2 Å². The number of hydrogen-bond acceptors (Lipinski definition) is 4. The third-order valence-corrected chi connectivity index (χ3v) is 5.94. The Morgan fingerprint density at radius 1 is 1.03 bits per heavy atom. The second-order valence-electron chi connectivity index (χ2n) is 6.98. The summed E-state index contributed by atoms with van der Waals surface area (Å²) in [7, 11) is 1.85. The van der Waals surface area contributed by atoms with Crippen molar-refractivity contribution in [3.8, 4) is 0 Å². The number of carbonyl (C=O) groups is 2. The van der Waals surface area contributed by atoms with Crippen LogP contribution in [-0.2, 0) is 4.79 Å². The van der Waals surface area contributed by atoms with E-state index in [4.69, 9.17) is 17.0 Å². The first-order chi connectivity index (χ1) is 15.4. The number of urea groups is 1. The molecule has 0 fully saturated rings. The molecule has 7 nitrogen and oxygen atoms in total. The smallest absolute Gasteiger partial charge is 0.320 e. The Labute approximate surface area is 195 Å². The molecule has 1 unspecified atom stereocenters. The van der Waals surface area contributed by atoms with E-state index in [1.165, 1.54) is 11.3 Å². The van der Waals surface area contributed by atoms with Crippen LogP contribution in [0.2, 0.25) is 5.02 Å². The number of nitrogens with one attached hydrogen (secondary N) is 4. The molecule has 0 saturated heterocycles. The molecule has 4 N–H and O–H groups in total. The number of benzene rings is 2. The minimum Gasteiger partial charge on any atom is -0.360 e. The van der Waals surface area contributed by atoms with Gasteiger partial charge < -0.3 is 20.9 Å². The molecule has 0 aliphatic heterocycles. The van der Waals surface area contributed by atoms with Gasteiger partial charge in [-0.05, 0) is 66.9 Å². The fourth-order valence-electron chi connectivity index (χ4n) is 2.86. The lowest BCUT2D eigenvalue weighted by molar-refractivity contribution is -0.118. The third kappa shape index (κ3) is 6.09. The number of hydrogen-bond donors (Lipinski definition) is 4. The van der Waals surface area contributed by atoms with E-state index in [2.05, 4.69) is 16.0 Å². The number of thiophene rings is 1. The zero-order valence-corrected chi connectivity index (χ0v) is 19.3. The minimum absolute atomic E-state index is 0.368. The molecule has 0 bridgehead atoms. The molecule has 0 aliphatic rings. The Balaban J connectivity index is 1.69. The summed E-state index contributed by atoms with van der Waals surface area (Å²) in [5.74, 6) is 0.0367. The van der Waals surface area contributed by atoms with Gasteiger partial charge in [0.15, 0.2) is 0 Å². The zero-order chi connectivity index (χ0) is 23.1. The number of amidine groups is 1. The predicted octanol–water partition coefficient (Wildman–Crippen LogP) is 5.18. The summed E-state index contributed by atoms with van der Waals surface area (Å²) in [6, 6.07) is 16.0. The van der Waals surface area contributed by atoms with Crippen molar-refractivity contribution in [2.45, 2.75) is 13.0 Å². The Hall–Kier alpha value is -3.36. The van der Waals surface area contributed by atoms with E-state index in [9.17, 15) is 9.59 Å². The first-order valence-electron chi connectivity index (χ1n) is 9.95. The summed E-state index contributed by atoms with van der Waals surface area (Å²) in [4.78, 5) is 28.0. The first-order valence-corrected chi connectivity index (χ1v) is 11.2. The fourth-order valence-corrected chi connectivity index (χ4v) is 3.76. The third-order valence-electron chi connectivity index (χ3n) is 4.75. The molecule has 0 aliphatic carbocycles. The largest absolute Gasteiger partial charge is 0.360 e. The van der Waals surface area contributed by atoms with E-state index in [1.807, 2.05) is 30.3 Å². The highest BCUT2D eigenvalue weighted by molar-refractivity contribution is 7.10. The number of rotatable bonds is 7. The summed E-state index contributed by atoms with van der Waals surface area (Å²) in [5.41, 5.74) is 1.89. The van der Waals surface area contributed by atoms with Crippen molar-refractivity contribution in [2.24, 2.45) is 0 Å². The monoisotopic (exact) mass is 469 g/mol. The second-order valence-corrected chi connectivity index (χ2v) is 8.40. The lowest BCUT2D eigenvalue weighted by Crippen LogP contribution is -2.39. The van der Waals surface area contributed by atoms with Gasteiger partial charge in [-0.1, -0.05) is 17.7 Å². The van der Waals surface area contributed by atoms with Crippen LogP contribution in [-0.4, -0.2) is 36.3 Å². The average molecular weight is 470 g/mol. The molecule has 2 aromatic carbocycles. The topological polar surface area (TPSA) is 97.3 Å². The van der Waals surface area contributed by atoms with Gasteiger partial charge in [0, 0.05) is 40.4 Å². The van der Waals surface area contributed by atoms with Gasteiger partial charge in [-0.2, -0.15) is 0 Å². The van der Waals surface area contributed by atoms with Gasteiger partial charge in [0.05, 0.1) is 0 Å². The maximum absolute atomic E-state index is 13.0. The predicted molar refractivity (Wildman–Crippen MR) is 131 cm³/mol. The van der Waals surface area contributed by atoms with Crippen molar-refractivity contribution in [3.05, 3.63) is 81.5 Å². The number of amides is 3. The SMILES string of the molecule is CCN(C)C(=N)c1ccc(NC(=O)C(NC(=O)Nc2ccc(Cl)cc2)c2cccs2)cc1. The van der Waals surface area contributed by atoms with Crippen LogP contribution in [0, 0.1) is 5.41 Å². The fraction of sp³-hybridized carbons (Fsp3) is 0.174. The van der Waals surface area contributed by atoms with Gasteiger partial charge in [-0.15, -0.1) is 11.3 Å². The second kappa shape index (κ2) is 10.8. The zero-order valence-electron chi connectivity index (χ0n) is 17.7. The maximum Gasteiger partial charge on any atom is 0.320 e. The molecule has 3 amide bonds. The molecule has 3 aromatic rings. The van der Waals surface area contributed by atoms with E-state index in [0.717, 1.165) is 12.1 Å². The van der Waals surface area contributed by atoms with Gasteiger partial charge in [0.2, 0.25) is 0 Å². The summed E-state index contributed by atoms with van der Waals surface area (Å²) in [6.07, 6.45) is 0. The van der Waals surface area contributed by atoms with Crippen LogP contribution in [0.25, 0.3) is 0 Å². The molecule has 0 saturated carbocycles. The molecule has 0 radical (unpaired) electrons. The molecular weight excluding hydrogens is 446 g/mol. The molecule has 1 heterocycles. The lowest BCUT2D eigenvalue weighted by atomic mass is 10.1. The molecule has 32 heavy (non-hydrogen) atoms. The maximum atomic E-state index is 13.0. The first kappa shape index (κ1) is 23.3. The van der Waals surface area contributed by atoms with Crippen molar-refractivity contribution >= 4 is 52.1 Å². The Morgan fingerprint density at radius 2 is 1.66 bits per heavy atom. The summed E-state index contributed by atoms with van der Waals surface area (Å²) >= 11 is 7.25. The molecule has 1 aromatic heterocycles. The number of nitrogens with zero attached hydrogens (tertiary/aromatic N) is 1. The van der Waals surface area contributed by atoms with Crippen LogP contribution in [0.5, 0.6) is 0 Å². The van der Waals surface area contributed by atoms with Crippen molar-refractivity contribution in [3.63, 3.8) is 0 Å². The Kier molecular flexibility index (Phi) is 7.86. The van der Waals surface area contributed by atoms with Crippen LogP contribution in [0.4, 0.5) is 16.2 Å². The quantitative estimate of drug-likeness (QED) is 0.283. The summed E-state index contributed by atoms with van der Waals surface area (Å²) in [6.45, 7) is 2.70. The van der Waals surface area contributed by atoms with Crippen molar-refractivity contribution < 1.29 is 9.59 Å². The Morgan fingerprint density at radius 3 is 2.25 bits per heavy atom. The van der Waals surface area contributed by atoms with Gasteiger partial charge in [0.25, 0.3) is 5.91 Å². The average Bonchev–Trinajstić information content (AvgIpc) is 3.33. The molecule has 3 rings (SSSR count). The van der Waals surface area contributed by atoms with Gasteiger partial charge >= 0.3 is 6.03 Å².